The van der Waals surface area contributed by atoms with Gasteiger partial charge in [0.1, 0.15) is 5.82 Å². The first kappa shape index (κ1) is 13.1. The van der Waals surface area contributed by atoms with Gasteiger partial charge in [0.25, 0.3) is 0 Å². The Hall–Kier alpha value is -1.35. The van der Waals surface area contributed by atoms with E-state index in [1.807, 2.05) is 0 Å². The van der Waals surface area contributed by atoms with E-state index in [-0.39, 0.29) is 0 Å². The lowest BCUT2D eigenvalue weighted by atomic mass is 10.1. The van der Waals surface area contributed by atoms with Gasteiger partial charge in [-0.3, -0.25) is 0 Å². The first-order valence-electron chi connectivity index (χ1n) is 6.81. The van der Waals surface area contributed by atoms with E-state index in [2.05, 4.69) is 60.8 Å². The Labute approximate surface area is 109 Å². The van der Waals surface area contributed by atoms with Crippen molar-refractivity contribution in [2.24, 2.45) is 0 Å². The largest absolute Gasteiger partial charge is 0.329 e. The van der Waals surface area contributed by atoms with Crippen molar-refractivity contribution >= 4 is 11.0 Å². The van der Waals surface area contributed by atoms with Crippen molar-refractivity contribution in [3.05, 3.63) is 29.6 Å². The highest BCUT2D eigenvalue weighted by atomic mass is 15.1. The molecular formula is C15H23N3. The van der Waals surface area contributed by atoms with Gasteiger partial charge >= 0.3 is 0 Å². The second kappa shape index (κ2) is 5.53. The number of aryl methyl sites for hydroxylation is 2. The quantitative estimate of drug-likeness (QED) is 0.877. The lowest BCUT2D eigenvalue weighted by Crippen LogP contribution is -2.24. The highest BCUT2D eigenvalue weighted by Gasteiger charge is 2.06. The number of imidazole rings is 1. The molecule has 0 aliphatic heterocycles. The van der Waals surface area contributed by atoms with Crippen molar-refractivity contribution in [3.63, 3.8) is 0 Å². The number of benzene rings is 1. The van der Waals surface area contributed by atoms with E-state index in [0.29, 0.717) is 6.04 Å². The van der Waals surface area contributed by atoms with E-state index in [4.69, 9.17) is 0 Å². The molecule has 98 valence electrons. The minimum atomic E-state index is 0.551. The fraction of sp³-hybridized carbons (Fsp3) is 0.533. The summed E-state index contributed by atoms with van der Waals surface area (Å²) in [6.45, 7) is 10.6. The normalized spacial score (nSPS) is 11.6. The summed E-state index contributed by atoms with van der Waals surface area (Å²) in [5.41, 5.74) is 3.73. The predicted octanol–water partition coefficient (Wildman–Crippen LogP) is 2.91. The van der Waals surface area contributed by atoms with Crippen molar-refractivity contribution in [1.29, 1.82) is 0 Å². The van der Waals surface area contributed by atoms with Crippen LogP contribution in [0.3, 0.4) is 0 Å². The summed E-state index contributed by atoms with van der Waals surface area (Å²) in [6, 6.07) is 7.19. The van der Waals surface area contributed by atoms with Gasteiger partial charge in [-0.2, -0.15) is 0 Å². The number of nitrogens with one attached hydrogen (secondary N) is 1. The van der Waals surface area contributed by atoms with Gasteiger partial charge in [-0.1, -0.05) is 19.9 Å². The Kier molecular flexibility index (Phi) is 4.02. The maximum Gasteiger partial charge on any atom is 0.106 e. The van der Waals surface area contributed by atoms with Crippen molar-refractivity contribution in [2.75, 3.05) is 6.54 Å². The molecule has 18 heavy (non-hydrogen) atoms. The van der Waals surface area contributed by atoms with E-state index in [9.17, 15) is 0 Å². The summed E-state index contributed by atoms with van der Waals surface area (Å²) in [4.78, 5) is 4.63. The monoisotopic (exact) mass is 245 g/mol. The average molecular weight is 245 g/mol. The molecule has 0 aliphatic carbocycles. The summed E-state index contributed by atoms with van der Waals surface area (Å²) < 4.78 is 2.26. The molecule has 1 N–H and O–H groups in total. The van der Waals surface area contributed by atoms with E-state index in [0.717, 1.165) is 30.9 Å². The number of nitrogens with zero attached hydrogens (tertiary/aromatic N) is 2. The lowest BCUT2D eigenvalue weighted by Gasteiger charge is -2.08. The van der Waals surface area contributed by atoms with Crippen molar-refractivity contribution in [3.8, 4) is 0 Å². The van der Waals surface area contributed by atoms with Crippen LogP contribution in [0.25, 0.3) is 11.0 Å². The van der Waals surface area contributed by atoms with E-state index in [1.165, 1.54) is 11.1 Å². The molecule has 1 aromatic carbocycles. The van der Waals surface area contributed by atoms with Crippen LogP contribution in [0.5, 0.6) is 0 Å². The summed E-state index contributed by atoms with van der Waals surface area (Å²) in [6.07, 6.45) is 1.06. The lowest BCUT2D eigenvalue weighted by molar-refractivity contribution is 0.590. The third kappa shape index (κ3) is 2.72. The highest BCUT2D eigenvalue weighted by Crippen LogP contribution is 2.17. The first-order chi connectivity index (χ1) is 8.61. The number of hydrogen-bond donors (Lipinski definition) is 1. The third-order valence-electron chi connectivity index (χ3n) is 3.29. The van der Waals surface area contributed by atoms with Crippen molar-refractivity contribution in [2.45, 2.75) is 46.7 Å². The van der Waals surface area contributed by atoms with Crippen LogP contribution in [0.2, 0.25) is 0 Å². The molecule has 0 unspecified atom stereocenters. The minimum absolute atomic E-state index is 0.551. The number of aromatic nitrogens is 2. The smallest absolute Gasteiger partial charge is 0.106 e. The van der Waals surface area contributed by atoms with Gasteiger partial charge in [0, 0.05) is 12.6 Å². The van der Waals surface area contributed by atoms with Crippen LogP contribution in [0.4, 0.5) is 0 Å². The van der Waals surface area contributed by atoms with E-state index >= 15 is 0 Å². The van der Waals surface area contributed by atoms with E-state index < -0.39 is 0 Å². The fourth-order valence-electron chi connectivity index (χ4n) is 2.36. The number of rotatable bonds is 5. The molecule has 1 heterocycles. The zero-order valence-electron chi connectivity index (χ0n) is 11.8. The zero-order valence-corrected chi connectivity index (χ0v) is 11.8. The summed E-state index contributed by atoms with van der Waals surface area (Å²) in [7, 11) is 0. The van der Waals surface area contributed by atoms with Gasteiger partial charge in [-0.25, -0.2) is 4.98 Å². The summed E-state index contributed by atoms with van der Waals surface area (Å²) in [5.74, 6) is 1.10. The molecule has 0 atom stereocenters. The van der Waals surface area contributed by atoms with Crippen LogP contribution in [0.15, 0.2) is 18.2 Å². The molecule has 0 saturated carbocycles. The molecule has 0 fully saturated rings. The molecular weight excluding hydrogens is 222 g/mol. The Bertz CT molecular complexity index is 526. The minimum Gasteiger partial charge on any atom is -0.329 e. The van der Waals surface area contributed by atoms with Gasteiger partial charge in [0.15, 0.2) is 0 Å². The van der Waals surface area contributed by atoms with Gasteiger partial charge in [0.2, 0.25) is 0 Å². The fourth-order valence-corrected chi connectivity index (χ4v) is 2.36. The molecule has 2 rings (SSSR count). The van der Waals surface area contributed by atoms with E-state index in [1.54, 1.807) is 0 Å². The molecule has 0 bridgehead atoms. The average Bonchev–Trinajstić information content (AvgIpc) is 2.63. The van der Waals surface area contributed by atoms with Gasteiger partial charge in [0.05, 0.1) is 11.0 Å². The van der Waals surface area contributed by atoms with Crippen LogP contribution in [-0.4, -0.2) is 22.1 Å². The Balaban J connectivity index is 2.18. The second-order valence-corrected chi connectivity index (χ2v) is 5.09. The topological polar surface area (TPSA) is 29.9 Å². The van der Waals surface area contributed by atoms with Crippen molar-refractivity contribution < 1.29 is 0 Å². The predicted molar refractivity (Wildman–Crippen MR) is 77.0 cm³/mol. The molecule has 0 spiro atoms. The highest BCUT2D eigenvalue weighted by molar-refractivity contribution is 5.76. The summed E-state index contributed by atoms with van der Waals surface area (Å²) in [5, 5.41) is 3.44. The Morgan fingerprint density at radius 1 is 1.33 bits per heavy atom. The zero-order chi connectivity index (χ0) is 13.1. The standard InChI is InChI=1S/C15H23N3/c1-5-18-12(4)17-14-10-13(6-7-15(14)18)8-9-16-11(2)3/h6-7,10-11,16H,5,8-9H2,1-4H3. The number of fused-ring (bicyclic) bond motifs is 1. The summed E-state index contributed by atoms with van der Waals surface area (Å²) >= 11 is 0. The Morgan fingerprint density at radius 2 is 2.11 bits per heavy atom. The second-order valence-electron chi connectivity index (χ2n) is 5.09. The van der Waals surface area contributed by atoms with Crippen molar-refractivity contribution in [1.82, 2.24) is 14.9 Å². The maximum absolute atomic E-state index is 4.63. The molecule has 3 nitrogen and oxygen atoms in total. The molecule has 0 saturated heterocycles. The van der Waals surface area contributed by atoms with Gasteiger partial charge in [-0.15, -0.1) is 0 Å². The van der Waals surface area contributed by atoms with Gasteiger partial charge in [-0.05, 0) is 44.5 Å². The van der Waals surface area contributed by atoms with Crippen LogP contribution in [0.1, 0.15) is 32.2 Å². The van der Waals surface area contributed by atoms with Crippen LogP contribution in [-0.2, 0) is 13.0 Å². The molecule has 0 amide bonds. The Morgan fingerprint density at radius 3 is 2.78 bits per heavy atom. The van der Waals surface area contributed by atoms with Crippen LogP contribution < -0.4 is 5.32 Å². The molecule has 0 radical (unpaired) electrons. The molecule has 0 aliphatic rings. The van der Waals surface area contributed by atoms with Crippen LogP contribution >= 0.6 is 0 Å². The molecule has 3 heteroatoms. The third-order valence-corrected chi connectivity index (χ3v) is 3.29. The molecule has 2 aromatic rings. The van der Waals surface area contributed by atoms with Gasteiger partial charge < -0.3 is 9.88 Å². The number of hydrogen-bond acceptors (Lipinski definition) is 2. The SMILES string of the molecule is CCn1c(C)nc2cc(CCNC(C)C)ccc21. The van der Waals surface area contributed by atoms with Crippen LogP contribution in [0, 0.1) is 6.92 Å². The maximum atomic E-state index is 4.63. The first-order valence-corrected chi connectivity index (χ1v) is 6.81. The molecule has 1 aromatic heterocycles.